The zero-order chi connectivity index (χ0) is 18.7. The van der Waals surface area contributed by atoms with E-state index in [1.807, 2.05) is 13.8 Å². The number of hydrogen-bond donors (Lipinski definition) is 1. The van der Waals surface area contributed by atoms with E-state index in [1.165, 1.54) is 6.21 Å². The molecule has 1 heterocycles. The Balaban J connectivity index is 2.06. The number of nitrogens with zero attached hydrogens (tertiary/aromatic N) is 2. The molecule has 1 N–H and O–H groups in total. The number of benzene rings is 2. The van der Waals surface area contributed by atoms with E-state index in [1.54, 1.807) is 42.5 Å². The highest BCUT2D eigenvalue weighted by Gasteiger charge is 2.09. The predicted octanol–water partition coefficient (Wildman–Crippen LogP) is 3.40. The van der Waals surface area contributed by atoms with E-state index in [-0.39, 0.29) is 6.10 Å². The Morgan fingerprint density at radius 2 is 2.04 bits per heavy atom. The minimum atomic E-state index is -0.614. The molecule has 1 aromatic heterocycles. The number of para-hydroxylation sites is 1. The number of aromatic amines is 1. The maximum absolute atomic E-state index is 12.5. The summed E-state index contributed by atoms with van der Waals surface area (Å²) in [6.07, 6.45) is 2.24. The normalized spacial score (nSPS) is 12.6. The Labute approximate surface area is 154 Å². The number of ether oxygens (including phenoxy) is 1. The zero-order valence-electron chi connectivity index (χ0n) is 14.4. The summed E-state index contributed by atoms with van der Waals surface area (Å²) in [7, 11) is 0. The van der Waals surface area contributed by atoms with Gasteiger partial charge in [0, 0.05) is 10.6 Å². The minimum absolute atomic E-state index is 0.00937. The van der Waals surface area contributed by atoms with Crippen LogP contribution in [0, 0.1) is 0 Å². The predicted molar refractivity (Wildman–Crippen MR) is 104 cm³/mol. The first-order valence-electron chi connectivity index (χ1n) is 8.24. The van der Waals surface area contributed by atoms with E-state index >= 15 is 0 Å². The number of aromatic nitrogens is 2. The SMILES string of the molecule is CC[C@H](C)Oc1ccc(Cl)cc1C=Nn1c(=O)[nH]c2ccccc2c1=O. The summed E-state index contributed by atoms with van der Waals surface area (Å²) in [5, 5.41) is 4.94. The lowest BCUT2D eigenvalue weighted by Gasteiger charge is -2.14. The van der Waals surface area contributed by atoms with Crippen LogP contribution < -0.4 is 16.0 Å². The molecule has 0 spiro atoms. The molecule has 0 aliphatic heterocycles. The minimum Gasteiger partial charge on any atom is -0.490 e. The topological polar surface area (TPSA) is 76.5 Å². The second-order valence-electron chi connectivity index (χ2n) is 5.86. The van der Waals surface area contributed by atoms with E-state index in [0.717, 1.165) is 11.1 Å². The summed E-state index contributed by atoms with van der Waals surface area (Å²) in [4.78, 5) is 27.3. The fourth-order valence-corrected chi connectivity index (χ4v) is 2.59. The molecule has 0 aliphatic carbocycles. The molecular weight excluding hydrogens is 354 g/mol. The molecule has 1 atom stereocenters. The van der Waals surface area contributed by atoms with Gasteiger partial charge in [-0.05, 0) is 43.7 Å². The van der Waals surface area contributed by atoms with Gasteiger partial charge >= 0.3 is 5.69 Å². The van der Waals surface area contributed by atoms with Crippen LogP contribution in [-0.4, -0.2) is 22.0 Å². The highest BCUT2D eigenvalue weighted by atomic mass is 35.5. The molecule has 0 saturated heterocycles. The molecule has 0 aliphatic rings. The quantitative estimate of drug-likeness (QED) is 0.698. The molecular formula is C19H18ClN3O3. The fourth-order valence-electron chi connectivity index (χ4n) is 2.41. The number of nitrogens with one attached hydrogen (secondary N) is 1. The Hall–Kier alpha value is -2.86. The summed E-state index contributed by atoms with van der Waals surface area (Å²) >= 11 is 6.06. The van der Waals surface area contributed by atoms with Crippen molar-refractivity contribution in [2.45, 2.75) is 26.4 Å². The van der Waals surface area contributed by atoms with Crippen molar-refractivity contribution in [2.75, 3.05) is 0 Å². The first kappa shape index (κ1) is 17.9. The molecule has 0 amide bonds. The van der Waals surface area contributed by atoms with E-state index in [4.69, 9.17) is 16.3 Å². The lowest BCUT2D eigenvalue weighted by Crippen LogP contribution is -2.32. The molecule has 134 valence electrons. The van der Waals surface area contributed by atoms with Gasteiger partial charge in [-0.3, -0.25) is 4.79 Å². The molecule has 0 fully saturated rings. The van der Waals surface area contributed by atoms with Gasteiger partial charge in [0.2, 0.25) is 0 Å². The van der Waals surface area contributed by atoms with E-state index in [9.17, 15) is 9.59 Å². The fraction of sp³-hybridized carbons (Fsp3) is 0.211. The highest BCUT2D eigenvalue weighted by molar-refractivity contribution is 6.30. The van der Waals surface area contributed by atoms with Crippen molar-refractivity contribution in [2.24, 2.45) is 5.10 Å². The molecule has 26 heavy (non-hydrogen) atoms. The molecule has 0 saturated carbocycles. The molecule has 0 unspecified atom stereocenters. The van der Waals surface area contributed by atoms with Crippen LogP contribution in [0.2, 0.25) is 5.02 Å². The zero-order valence-corrected chi connectivity index (χ0v) is 15.2. The maximum Gasteiger partial charge on any atom is 0.349 e. The molecule has 3 rings (SSSR count). The molecule has 2 aromatic carbocycles. The first-order valence-corrected chi connectivity index (χ1v) is 8.62. The van der Waals surface area contributed by atoms with Crippen LogP contribution in [0.3, 0.4) is 0 Å². The van der Waals surface area contributed by atoms with Crippen molar-refractivity contribution in [1.29, 1.82) is 0 Å². The Bertz CT molecular complexity index is 1090. The average Bonchev–Trinajstić information content (AvgIpc) is 2.63. The van der Waals surface area contributed by atoms with Gasteiger partial charge in [-0.2, -0.15) is 5.10 Å². The second-order valence-corrected chi connectivity index (χ2v) is 6.29. The van der Waals surface area contributed by atoms with Gasteiger partial charge in [0.25, 0.3) is 5.56 Å². The number of fused-ring (bicyclic) bond motifs is 1. The smallest absolute Gasteiger partial charge is 0.349 e. The van der Waals surface area contributed by atoms with Gasteiger partial charge < -0.3 is 9.72 Å². The van der Waals surface area contributed by atoms with Crippen LogP contribution in [0.4, 0.5) is 0 Å². The van der Waals surface area contributed by atoms with Crippen molar-refractivity contribution in [1.82, 2.24) is 9.66 Å². The Kier molecular flexibility index (Phi) is 5.23. The molecule has 0 radical (unpaired) electrons. The van der Waals surface area contributed by atoms with Crippen LogP contribution in [0.5, 0.6) is 5.75 Å². The highest BCUT2D eigenvalue weighted by Crippen LogP contribution is 2.23. The van der Waals surface area contributed by atoms with Gasteiger partial charge in [0.15, 0.2) is 0 Å². The van der Waals surface area contributed by atoms with Gasteiger partial charge in [0.1, 0.15) is 5.75 Å². The van der Waals surface area contributed by atoms with E-state index in [2.05, 4.69) is 10.1 Å². The number of H-pyrrole nitrogens is 1. The molecule has 3 aromatic rings. The summed E-state index contributed by atoms with van der Waals surface area (Å²) in [6.45, 7) is 3.97. The summed E-state index contributed by atoms with van der Waals surface area (Å²) in [5.41, 5.74) is -0.0573. The molecule has 0 bridgehead atoms. The van der Waals surface area contributed by atoms with Crippen molar-refractivity contribution < 1.29 is 4.74 Å². The van der Waals surface area contributed by atoms with Gasteiger partial charge in [-0.15, -0.1) is 4.68 Å². The van der Waals surface area contributed by atoms with E-state index < -0.39 is 11.2 Å². The molecule has 6 nitrogen and oxygen atoms in total. The summed E-state index contributed by atoms with van der Waals surface area (Å²) in [5.74, 6) is 0.581. The lowest BCUT2D eigenvalue weighted by molar-refractivity contribution is 0.217. The van der Waals surface area contributed by atoms with Crippen molar-refractivity contribution in [3.05, 3.63) is 73.9 Å². The van der Waals surface area contributed by atoms with Crippen molar-refractivity contribution in [3.63, 3.8) is 0 Å². The second kappa shape index (κ2) is 7.58. The van der Waals surface area contributed by atoms with Gasteiger partial charge in [-0.1, -0.05) is 30.7 Å². The van der Waals surface area contributed by atoms with Crippen LogP contribution >= 0.6 is 11.6 Å². The summed E-state index contributed by atoms with van der Waals surface area (Å²) in [6, 6.07) is 11.9. The Morgan fingerprint density at radius 1 is 1.27 bits per heavy atom. The third-order valence-electron chi connectivity index (χ3n) is 3.97. The largest absolute Gasteiger partial charge is 0.490 e. The Morgan fingerprint density at radius 3 is 2.81 bits per heavy atom. The third kappa shape index (κ3) is 3.70. The van der Waals surface area contributed by atoms with Crippen molar-refractivity contribution >= 4 is 28.7 Å². The maximum atomic E-state index is 12.5. The third-order valence-corrected chi connectivity index (χ3v) is 4.21. The first-order chi connectivity index (χ1) is 12.5. The van der Waals surface area contributed by atoms with E-state index in [0.29, 0.717) is 27.2 Å². The van der Waals surface area contributed by atoms with Crippen LogP contribution in [0.25, 0.3) is 10.9 Å². The van der Waals surface area contributed by atoms with Crippen LogP contribution in [0.15, 0.2) is 57.2 Å². The lowest BCUT2D eigenvalue weighted by atomic mass is 10.2. The standard InChI is InChI=1S/C19H18ClN3O3/c1-3-12(2)26-17-9-8-14(20)10-13(17)11-21-23-18(24)15-6-4-5-7-16(15)22-19(23)25/h4-12H,3H2,1-2H3,(H,22,25)/t12-/m0/s1. The van der Waals surface area contributed by atoms with Gasteiger partial charge in [-0.25, -0.2) is 4.79 Å². The number of halogens is 1. The van der Waals surface area contributed by atoms with Crippen LogP contribution in [0.1, 0.15) is 25.8 Å². The van der Waals surface area contributed by atoms with Gasteiger partial charge in [0.05, 0.1) is 23.2 Å². The number of rotatable bonds is 5. The summed E-state index contributed by atoms with van der Waals surface area (Å²) < 4.78 is 6.63. The monoisotopic (exact) mass is 371 g/mol. The number of hydrogen-bond acceptors (Lipinski definition) is 4. The molecule has 7 heteroatoms. The average molecular weight is 372 g/mol. The van der Waals surface area contributed by atoms with Crippen molar-refractivity contribution in [3.8, 4) is 5.75 Å². The van der Waals surface area contributed by atoms with Crippen LogP contribution in [-0.2, 0) is 0 Å².